The Bertz CT molecular complexity index is 658. The maximum atomic E-state index is 6.25. The Morgan fingerprint density at radius 3 is 2.70 bits per heavy atom. The molecular formula is C16H20IN3. The van der Waals surface area contributed by atoms with Crippen LogP contribution in [0.2, 0.25) is 0 Å². The van der Waals surface area contributed by atoms with Gasteiger partial charge in [-0.05, 0) is 58.9 Å². The second-order valence-corrected chi connectivity index (χ2v) is 7.33. The van der Waals surface area contributed by atoms with Gasteiger partial charge in [0, 0.05) is 0 Å². The van der Waals surface area contributed by atoms with Gasteiger partial charge in [0.1, 0.15) is 5.82 Å². The van der Waals surface area contributed by atoms with E-state index in [1.807, 2.05) is 11.6 Å². The fraction of sp³-hybridized carbons (Fsp3) is 0.438. The van der Waals surface area contributed by atoms with Gasteiger partial charge in [0.15, 0.2) is 0 Å². The molecule has 0 spiro atoms. The van der Waals surface area contributed by atoms with Crippen LogP contribution in [0.15, 0.2) is 24.3 Å². The Morgan fingerprint density at radius 2 is 2.05 bits per heavy atom. The summed E-state index contributed by atoms with van der Waals surface area (Å²) in [5.74, 6) is 0.794. The average Bonchev–Trinajstić information content (AvgIpc) is 2.67. The van der Waals surface area contributed by atoms with Crippen molar-refractivity contribution in [2.75, 3.05) is 5.73 Å². The van der Waals surface area contributed by atoms with Gasteiger partial charge < -0.3 is 5.73 Å². The summed E-state index contributed by atoms with van der Waals surface area (Å²) in [5, 5.41) is 4.66. The molecule has 3 rings (SSSR count). The van der Waals surface area contributed by atoms with Gasteiger partial charge >= 0.3 is 0 Å². The number of nitrogen functional groups attached to an aromatic ring is 1. The highest BCUT2D eigenvalue weighted by atomic mass is 127. The van der Waals surface area contributed by atoms with Gasteiger partial charge in [0.2, 0.25) is 0 Å². The first kappa shape index (κ1) is 13.9. The molecule has 1 aromatic carbocycles. The van der Waals surface area contributed by atoms with Crippen molar-refractivity contribution in [2.24, 2.45) is 0 Å². The monoisotopic (exact) mass is 381 g/mol. The van der Waals surface area contributed by atoms with Crippen molar-refractivity contribution in [3.63, 3.8) is 0 Å². The number of halogens is 1. The molecule has 0 aliphatic heterocycles. The summed E-state index contributed by atoms with van der Waals surface area (Å²) in [4.78, 5) is 0. The van der Waals surface area contributed by atoms with Crippen molar-refractivity contribution in [1.82, 2.24) is 9.78 Å². The van der Waals surface area contributed by atoms with Gasteiger partial charge in [0.25, 0.3) is 0 Å². The maximum Gasteiger partial charge on any atom is 0.136 e. The van der Waals surface area contributed by atoms with Crippen molar-refractivity contribution >= 4 is 28.4 Å². The molecule has 1 unspecified atom stereocenters. The summed E-state index contributed by atoms with van der Waals surface area (Å²) < 4.78 is 3.09. The Hall–Kier alpha value is -1.04. The molecule has 20 heavy (non-hydrogen) atoms. The summed E-state index contributed by atoms with van der Waals surface area (Å²) in [7, 11) is 0. The lowest BCUT2D eigenvalue weighted by molar-refractivity contribution is 0.355. The summed E-state index contributed by atoms with van der Waals surface area (Å²) in [6, 6.07) is 8.99. The van der Waals surface area contributed by atoms with Gasteiger partial charge in [-0.3, -0.25) is 0 Å². The molecule has 2 N–H and O–H groups in total. The van der Waals surface area contributed by atoms with E-state index in [4.69, 9.17) is 5.73 Å². The molecule has 0 saturated heterocycles. The highest BCUT2D eigenvalue weighted by Crippen LogP contribution is 2.43. The second-order valence-electron chi connectivity index (χ2n) is 6.25. The Balaban J connectivity index is 2.15. The number of rotatable bonds is 1. The summed E-state index contributed by atoms with van der Waals surface area (Å²) in [5.41, 5.74) is 10.3. The van der Waals surface area contributed by atoms with Gasteiger partial charge in [-0.1, -0.05) is 38.1 Å². The second kappa shape index (κ2) is 4.76. The molecule has 0 amide bonds. The number of aryl methyl sites for hydroxylation is 1. The minimum Gasteiger partial charge on any atom is -0.383 e. The average molecular weight is 381 g/mol. The van der Waals surface area contributed by atoms with Crippen LogP contribution in [0.3, 0.4) is 0 Å². The summed E-state index contributed by atoms with van der Waals surface area (Å²) in [6.07, 6.45) is 2.25. The number of hydrogen-bond donors (Lipinski definition) is 1. The predicted molar refractivity (Wildman–Crippen MR) is 90.9 cm³/mol. The lowest BCUT2D eigenvalue weighted by Gasteiger charge is -2.37. The lowest BCUT2D eigenvalue weighted by atomic mass is 9.71. The molecule has 4 heteroatoms. The van der Waals surface area contributed by atoms with E-state index in [0.29, 0.717) is 0 Å². The number of benzene rings is 1. The SMILES string of the molecule is Cc1nn(C2CCC(C)(C)c3ccccc32)c(N)c1I. The summed E-state index contributed by atoms with van der Waals surface area (Å²) in [6.45, 7) is 6.67. The minimum absolute atomic E-state index is 0.233. The van der Waals surface area contributed by atoms with Gasteiger partial charge in [-0.15, -0.1) is 0 Å². The number of nitrogens with zero attached hydrogens (tertiary/aromatic N) is 2. The van der Waals surface area contributed by atoms with E-state index in [9.17, 15) is 0 Å². The number of nitrogens with two attached hydrogens (primary N) is 1. The van der Waals surface area contributed by atoms with Crippen LogP contribution in [0.4, 0.5) is 5.82 Å². The third-order valence-electron chi connectivity index (χ3n) is 4.43. The van der Waals surface area contributed by atoms with Crippen LogP contribution in [-0.4, -0.2) is 9.78 Å². The largest absolute Gasteiger partial charge is 0.383 e. The molecule has 1 aliphatic rings. The Kier molecular flexibility index (Phi) is 3.31. The van der Waals surface area contributed by atoms with Crippen LogP contribution in [0, 0.1) is 10.5 Å². The smallest absolute Gasteiger partial charge is 0.136 e. The highest BCUT2D eigenvalue weighted by Gasteiger charge is 2.34. The molecule has 1 aliphatic carbocycles. The van der Waals surface area contributed by atoms with E-state index in [1.54, 1.807) is 0 Å². The van der Waals surface area contributed by atoms with E-state index in [1.165, 1.54) is 11.1 Å². The first-order valence-electron chi connectivity index (χ1n) is 7.01. The van der Waals surface area contributed by atoms with Gasteiger partial charge in [-0.2, -0.15) is 5.10 Å². The maximum absolute atomic E-state index is 6.25. The van der Waals surface area contributed by atoms with Crippen molar-refractivity contribution in [3.05, 3.63) is 44.7 Å². The first-order valence-corrected chi connectivity index (χ1v) is 8.09. The van der Waals surface area contributed by atoms with Crippen LogP contribution in [-0.2, 0) is 5.41 Å². The number of hydrogen-bond acceptors (Lipinski definition) is 2. The zero-order chi connectivity index (χ0) is 14.5. The van der Waals surface area contributed by atoms with Crippen molar-refractivity contribution in [2.45, 2.75) is 45.1 Å². The fourth-order valence-corrected chi connectivity index (χ4v) is 3.58. The van der Waals surface area contributed by atoms with Crippen LogP contribution in [0.25, 0.3) is 0 Å². The summed E-state index contributed by atoms with van der Waals surface area (Å²) >= 11 is 2.28. The quantitative estimate of drug-likeness (QED) is 0.758. The molecule has 1 aromatic heterocycles. The number of aromatic nitrogens is 2. The number of fused-ring (bicyclic) bond motifs is 1. The van der Waals surface area contributed by atoms with E-state index >= 15 is 0 Å². The molecule has 0 bridgehead atoms. The molecule has 0 saturated carbocycles. The number of anilines is 1. The molecule has 1 heterocycles. The van der Waals surface area contributed by atoms with Crippen LogP contribution in [0.1, 0.15) is 49.6 Å². The lowest BCUT2D eigenvalue weighted by Crippen LogP contribution is -2.29. The standard InChI is InChI=1S/C16H20IN3/c1-10-14(17)15(18)20(19-10)13-8-9-16(2,3)12-7-5-4-6-11(12)13/h4-7,13H,8-9,18H2,1-3H3. The van der Waals surface area contributed by atoms with Crippen LogP contribution >= 0.6 is 22.6 Å². The van der Waals surface area contributed by atoms with Crippen molar-refractivity contribution < 1.29 is 0 Å². The van der Waals surface area contributed by atoms with Crippen molar-refractivity contribution in [3.8, 4) is 0 Å². The normalized spacial score (nSPS) is 20.7. The van der Waals surface area contributed by atoms with Crippen molar-refractivity contribution in [1.29, 1.82) is 0 Å². The predicted octanol–water partition coefficient (Wildman–Crippen LogP) is 4.04. The topological polar surface area (TPSA) is 43.8 Å². The zero-order valence-corrected chi connectivity index (χ0v) is 14.3. The van der Waals surface area contributed by atoms with Gasteiger partial charge in [0.05, 0.1) is 15.3 Å². The molecule has 2 aromatic rings. The molecule has 0 radical (unpaired) electrons. The van der Waals surface area contributed by atoms with Crippen LogP contribution in [0.5, 0.6) is 0 Å². The first-order chi connectivity index (χ1) is 9.42. The fourth-order valence-electron chi connectivity index (χ4n) is 3.23. The molecule has 0 fully saturated rings. The Labute approximate surface area is 133 Å². The van der Waals surface area contributed by atoms with Crippen LogP contribution < -0.4 is 5.73 Å². The molecule has 106 valence electrons. The molecular weight excluding hydrogens is 361 g/mol. The molecule has 1 atom stereocenters. The third kappa shape index (κ3) is 2.05. The minimum atomic E-state index is 0.233. The highest BCUT2D eigenvalue weighted by molar-refractivity contribution is 14.1. The zero-order valence-electron chi connectivity index (χ0n) is 12.2. The van der Waals surface area contributed by atoms with E-state index in [-0.39, 0.29) is 11.5 Å². The third-order valence-corrected chi connectivity index (χ3v) is 5.77. The molecule has 3 nitrogen and oxygen atoms in total. The van der Waals surface area contributed by atoms with E-state index < -0.39 is 0 Å². The van der Waals surface area contributed by atoms with E-state index in [0.717, 1.165) is 27.9 Å². The van der Waals surface area contributed by atoms with Gasteiger partial charge in [-0.25, -0.2) is 4.68 Å². The van der Waals surface area contributed by atoms with E-state index in [2.05, 4.69) is 65.8 Å². The Morgan fingerprint density at radius 1 is 1.35 bits per heavy atom.